The number of ether oxygens (including phenoxy) is 4. The molecule has 10 heteroatoms. The number of rotatable bonds is 9. The van der Waals surface area contributed by atoms with E-state index in [1.807, 2.05) is 98.8 Å². The topological polar surface area (TPSA) is 181 Å². The summed E-state index contributed by atoms with van der Waals surface area (Å²) < 4.78 is 24.8. The van der Waals surface area contributed by atoms with Crippen LogP contribution in [0.15, 0.2) is 84.9 Å². The van der Waals surface area contributed by atoms with Gasteiger partial charge >= 0.3 is 0 Å². The Morgan fingerprint density at radius 3 is 1.74 bits per heavy atom. The van der Waals surface area contributed by atoms with Gasteiger partial charge in [-0.05, 0) is 39.1 Å². The van der Waals surface area contributed by atoms with Crippen LogP contribution in [0.1, 0.15) is 31.4 Å². The molecule has 0 bridgehead atoms. The molecule has 4 aromatic rings. The van der Waals surface area contributed by atoms with E-state index in [1.54, 1.807) is 0 Å². The molecule has 0 aromatic heterocycles. The standard InChI is InChI=1S/C34H42N4O6.C2H6/c35-16-27-29(39)33(42-18-22-12-6-10-20-8-2-4-14-24(20)22)28(38)34(43-27)44-32-26(37)15-25(36)31(30(32)40)41-17-21-11-5-9-19-7-1-3-13-23(19)21;1-2/h1-14,25-34,39-40H,15-18,35-38H2;1-2H3. The fraction of sp³-hybridized carbons (Fsp3) is 0.444. The lowest BCUT2D eigenvalue weighted by molar-refractivity contribution is -0.295. The van der Waals surface area contributed by atoms with E-state index in [-0.39, 0.29) is 19.8 Å². The number of aliphatic hydroxyl groups is 2. The number of hydrogen-bond acceptors (Lipinski definition) is 10. The molecule has 1 saturated heterocycles. The van der Waals surface area contributed by atoms with E-state index in [0.717, 1.165) is 32.7 Å². The molecule has 1 aliphatic carbocycles. The Kier molecular flexibility index (Phi) is 11.7. The summed E-state index contributed by atoms with van der Waals surface area (Å²) in [6, 6.07) is 26.0. The second kappa shape index (κ2) is 15.7. The van der Waals surface area contributed by atoms with Crippen molar-refractivity contribution in [3.8, 4) is 0 Å². The Bertz CT molecular complexity index is 1550. The van der Waals surface area contributed by atoms with Gasteiger partial charge in [-0.3, -0.25) is 0 Å². The average molecular weight is 633 g/mol. The zero-order valence-corrected chi connectivity index (χ0v) is 26.5. The van der Waals surface area contributed by atoms with Gasteiger partial charge in [-0.15, -0.1) is 0 Å². The maximum atomic E-state index is 11.5. The van der Waals surface area contributed by atoms with Crippen molar-refractivity contribution in [2.75, 3.05) is 6.54 Å². The predicted molar refractivity (Wildman–Crippen MR) is 180 cm³/mol. The molecule has 1 aliphatic heterocycles. The van der Waals surface area contributed by atoms with Crippen molar-refractivity contribution < 1.29 is 29.2 Å². The van der Waals surface area contributed by atoms with Gasteiger partial charge in [-0.2, -0.15) is 0 Å². The summed E-state index contributed by atoms with van der Waals surface area (Å²) in [6.07, 6.45) is -6.22. The minimum Gasteiger partial charge on any atom is -0.388 e. The molecule has 6 rings (SSSR count). The summed E-state index contributed by atoms with van der Waals surface area (Å²) in [5.41, 5.74) is 27.4. The van der Waals surface area contributed by atoms with Gasteiger partial charge in [0.05, 0.1) is 19.3 Å². The summed E-state index contributed by atoms with van der Waals surface area (Å²) in [5.74, 6) is 0. The molecule has 46 heavy (non-hydrogen) atoms. The van der Waals surface area contributed by atoms with Crippen LogP contribution in [0.3, 0.4) is 0 Å². The third kappa shape index (κ3) is 7.27. The molecule has 0 radical (unpaired) electrons. The lowest BCUT2D eigenvalue weighted by Gasteiger charge is -2.47. The third-order valence-electron chi connectivity index (χ3n) is 8.93. The first-order valence-corrected chi connectivity index (χ1v) is 16.2. The third-order valence-corrected chi connectivity index (χ3v) is 8.93. The van der Waals surface area contributed by atoms with E-state index in [4.69, 9.17) is 41.9 Å². The van der Waals surface area contributed by atoms with Crippen molar-refractivity contribution in [3.05, 3.63) is 96.1 Å². The molecule has 248 valence electrons. The summed E-state index contributed by atoms with van der Waals surface area (Å²) in [5, 5.41) is 26.8. The smallest absolute Gasteiger partial charge is 0.176 e. The van der Waals surface area contributed by atoms with Gasteiger partial charge in [0.2, 0.25) is 0 Å². The summed E-state index contributed by atoms with van der Waals surface area (Å²) >= 11 is 0. The van der Waals surface area contributed by atoms with Crippen molar-refractivity contribution in [1.82, 2.24) is 0 Å². The van der Waals surface area contributed by atoms with Crippen LogP contribution in [0.5, 0.6) is 0 Å². The van der Waals surface area contributed by atoms with Crippen LogP contribution in [-0.4, -0.2) is 77.8 Å². The largest absolute Gasteiger partial charge is 0.388 e. The zero-order chi connectivity index (χ0) is 32.8. The first-order valence-electron chi connectivity index (χ1n) is 16.2. The van der Waals surface area contributed by atoms with Gasteiger partial charge in [0.15, 0.2) is 6.29 Å². The molecule has 1 heterocycles. The first-order chi connectivity index (χ1) is 22.4. The quantitative estimate of drug-likeness (QED) is 0.161. The van der Waals surface area contributed by atoms with Crippen molar-refractivity contribution in [2.24, 2.45) is 22.9 Å². The van der Waals surface area contributed by atoms with Gasteiger partial charge in [0.1, 0.15) is 36.6 Å². The Labute approximate surface area is 270 Å². The normalized spacial score (nSPS) is 31.4. The fourth-order valence-electron chi connectivity index (χ4n) is 6.51. The number of aliphatic hydroxyl groups excluding tert-OH is 2. The van der Waals surface area contributed by atoms with Crippen LogP contribution in [0.25, 0.3) is 21.5 Å². The van der Waals surface area contributed by atoms with Crippen molar-refractivity contribution in [1.29, 1.82) is 0 Å². The van der Waals surface area contributed by atoms with Crippen molar-refractivity contribution in [3.63, 3.8) is 0 Å². The van der Waals surface area contributed by atoms with Crippen molar-refractivity contribution >= 4 is 21.5 Å². The molecule has 2 fully saturated rings. The van der Waals surface area contributed by atoms with Gasteiger partial charge < -0.3 is 52.1 Å². The monoisotopic (exact) mass is 632 g/mol. The highest BCUT2D eigenvalue weighted by Gasteiger charge is 2.49. The second-order valence-corrected chi connectivity index (χ2v) is 11.8. The molecule has 0 spiro atoms. The fourth-order valence-corrected chi connectivity index (χ4v) is 6.51. The van der Waals surface area contributed by atoms with Crippen LogP contribution in [0.4, 0.5) is 0 Å². The van der Waals surface area contributed by atoms with Crippen LogP contribution in [0, 0.1) is 0 Å². The average Bonchev–Trinajstić information content (AvgIpc) is 3.08. The maximum absolute atomic E-state index is 11.5. The van der Waals surface area contributed by atoms with E-state index in [9.17, 15) is 10.2 Å². The maximum Gasteiger partial charge on any atom is 0.176 e. The van der Waals surface area contributed by atoms with E-state index in [0.29, 0.717) is 6.42 Å². The highest BCUT2D eigenvalue weighted by molar-refractivity contribution is 5.86. The summed E-state index contributed by atoms with van der Waals surface area (Å²) in [7, 11) is 0. The Morgan fingerprint density at radius 1 is 0.674 bits per heavy atom. The van der Waals surface area contributed by atoms with E-state index in [2.05, 4.69) is 0 Å². The Balaban J connectivity index is 0.00000204. The van der Waals surface area contributed by atoms with Crippen LogP contribution < -0.4 is 22.9 Å². The van der Waals surface area contributed by atoms with E-state index < -0.39 is 61.0 Å². The highest BCUT2D eigenvalue weighted by atomic mass is 16.7. The first kappa shape index (κ1) is 34.3. The molecule has 1 saturated carbocycles. The lowest BCUT2D eigenvalue weighted by Crippen LogP contribution is -2.68. The molecule has 10 unspecified atom stereocenters. The van der Waals surface area contributed by atoms with Crippen LogP contribution in [0.2, 0.25) is 0 Å². The van der Waals surface area contributed by atoms with E-state index >= 15 is 0 Å². The Hall–Kier alpha value is -3.00. The van der Waals surface area contributed by atoms with E-state index in [1.165, 1.54) is 0 Å². The molecule has 10 N–H and O–H groups in total. The van der Waals surface area contributed by atoms with Gasteiger partial charge in [0, 0.05) is 18.6 Å². The lowest BCUT2D eigenvalue weighted by atomic mass is 9.84. The molecule has 0 amide bonds. The molecule has 10 nitrogen and oxygen atoms in total. The molecule has 2 aliphatic rings. The molecular weight excluding hydrogens is 584 g/mol. The van der Waals surface area contributed by atoms with Crippen molar-refractivity contribution in [2.45, 2.75) is 94.5 Å². The van der Waals surface area contributed by atoms with Gasteiger partial charge in [-0.1, -0.05) is 98.8 Å². The molecule has 4 aromatic carbocycles. The zero-order valence-electron chi connectivity index (χ0n) is 26.5. The Morgan fingerprint density at radius 2 is 1.17 bits per heavy atom. The summed E-state index contributed by atoms with van der Waals surface area (Å²) in [6.45, 7) is 4.48. The SMILES string of the molecule is CC.NCC1OC(OC2C(N)CC(N)C(OCc3cccc4ccccc34)C2O)C(N)C(OCc2cccc3ccccc23)C1O. The number of nitrogens with two attached hydrogens (primary N) is 4. The molecule has 10 atom stereocenters. The highest BCUT2D eigenvalue weighted by Crippen LogP contribution is 2.31. The second-order valence-electron chi connectivity index (χ2n) is 11.8. The number of hydrogen-bond donors (Lipinski definition) is 6. The minimum atomic E-state index is -1.15. The van der Waals surface area contributed by atoms with Crippen LogP contribution >= 0.6 is 0 Å². The minimum absolute atomic E-state index is 0.0167. The van der Waals surface area contributed by atoms with Crippen LogP contribution in [-0.2, 0) is 32.2 Å². The predicted octanol–water partition coefficient (Wildman–Crippen LogP) is 2.67. The van der Waals surface area contributed by atoms with Gasteiger partial charge in [0.25, 0.3) is 0 Å². The number of benzene rings is 4. The molecular formula is C36H48N4O6. The number of fused-ring (bicyclic) bond motifs is 2. The summed E-state index contributed by atoms with van der Waals surface area (Å²) in [4.78, 5) is 0. The van der Waals surface area contributed by atoms with Gasteiger partial charge in [-0.25, -0.2) is 0 Å².